The number of hydrogen-bond acceptors (Lipinski definition) is 5. The van der Waals surface area contributed by atoms with Crippen LogP contribution in [-0.2, 0) is 4.79 Å². The van der Waals surface area contributed by atoms with Crippen molar-refractivity contribution in [2.24, 2.45) is 0 Å². The molecule has 0 bridgehead atoms. The summed E-state index contributed by atoms with van der Waals surface area (Å²) in [6.45, 7) is 3.92. The summed E-state index contributed by atoms with van der Waals surface area (Å²) in [5.41, 5.74) is 2.76. The summed E-state index contributed by atoms with van der Waals surface area (Å²) in [5, 5.41) is 10.2. The molecule has 0 radical (unpaired) electrons. The minimum Gasteiger partial charge on any atom is -0.483 e. The minimum absolute atomic E-state index is 0.0581. The normalized spacial score (nSPS) is 10.4. The van der Waals surface area contributed by atoms with Crippen LogP contribution >= 0.6 is 0 Å². The molecule has 0 aliphatic heterocycles. The number of carbonyl (C=O) groups is 1. The van der Waals surface area contributed by atoms with Crippen LogP contribution in [0.2, 0.25) is 0 Å². The highest BCUT2D eigenvalue weighted by atomic mass is 16.5. The number of amides is 1. The molecule has 1 N–H and O–H groups in total. The molecule has 0 aliphatic carbocycles. The van der Waals surface area contributed by atoms with Gasteiger partial charge in [-0.1, -0.05) is 12.1 Å². The highest BCUT2D eigenvalue weighted by Gasteiger charge is 2.07. The quantitative estimate of drug-likeness (QED) is 0.779. The van der Waals surface area contributed by atoms with Crippen LogP contribution in [0.15, 0.2) is 49.2 Å². The van der Waals surface area contributed by atoms with Crippen molar-refractivity contribution in [3.8, 4) is 11.6 Å². The van der Waals surface area contributed by atoms with Gasteiger partial charge in [-0.2, -0.15) is 0 Å². The number of carbonyl (C=O) groups excluding carboxylic acids is 1. The lowest BCUT2D eigenvalue weighted by atomic mass is 10.1. The van der Waals surface area contributed by atoms with Gasteiger partial charge in [-0.25, -0.2) is 4.98 Å². The lowest BCUT2D eigenvalue weighted by molar-refractivity contribution is -0.118. The van der Waals surface area contributed by atoms with Crippen molar-refractivity contribution in [3.63, 3.8) is 0 Å². The summed E-state index contributed by atoms with van der Waals surface area (Å²) >= 11 is 0. The Kier molecular flexibility index (Phi) is 4.51. The molecule has 0 fully saturated rings. The van der Waals surface area contributed by atoms with E-state index >= 15 is 0 Å². The Balaban J connectivity index is 1.58. The Hall–Kier alpha value is -3.22. The Morgan fingerprint density at radius 3 is 2.67 bits per heavy atom. The second-order valence-corrected chi connectivity index (χ2v) is 5.31. The Labute approximate surface area is 139 Å². The molecule has 3 rings (SSSR count). The van der Waals surface area contributed by atoms with Crippen LogP contribution in [0.25, 0.3) is 5.82 Å². The van der Waals surface area contributed by atoms with Crippen molar-refractivity contribution < 1.29 is 9.53 Å². The average molecular weight is 323 g/mol. The van der Waals surface area contributed by atoms with Gasteiger partial charge in [0.2, 0.25) is 0 Å². The van der Waals surface area contributed by atoms with E-state index in [0.29, 0.717) is 17.3 Å². The molecule has 3 aromatic rings. The summed E-state index contributed by atoms with van der Waals surface area (Å²) in [6, 6.07) is 9.29. The van der Waals surface area contributed by atoms with Gasteiger partial charge in [0, 0.05) is 0 Å². The molecule has 2 heterocycles. The number of aryl methyl sites for hydroxylation is 1. The fraction of sp³-hybridized carbons (Fsp3) is 0.176. The first kappa shape index (κ1) is 15.7. The summed E-state index contributed by atoms with van der Waals surface area (Å²) < 4.78 is 7.26. The predicted molar refractivity (Wildman–Crippen MR) is 89.2 cm³/mol. The lowest BCUT2D eigenvalue weighted by Gasteiger charge is -2.11. The monoisotopic (exact) mass is 323 g/mol. The van der Waals surface area contributed by atoms with E-state index in [1.807, 2.05) is 32.0 Å². The maximum absolute atomic E-state index is 12.0. The molecule has 24 heavy (non-hydrogen) atoms. The van der Waals surface area contributed by atoms with Crippen LogP contribution in [0.3, 0.4) is 0 Å². The third kappa shape index (κ3) is 3.57. The number of nitrogens with one attached hydrogen (secondary N) is 1. The summed E-state index contributed by atoms with van der Waals surface area (Å²) in [6.07, 6.45) is 4.68. The van der Waals surface area contributed by atoms with Gasteiger partial charge in [0.25, 0.3) is 5.91 Å². The minimum atomic E-state index is -0.241. The van der Waals surface area contributed by atoms with E-state index in [-0.39, 0.29) is 12.5 Å². The van der Waals surface area contributed by atoms with Crippen LogP contribution < -0.4 is 10.1 Å². The number of anilines is 1. The molecule has 122 valence electrons. The second kappa shape index (κ2) is 6.91. The molecular weight excluding hydrogens is 306 g/mol. The summed E-state index contributed by atoms with van der Waals surface area (Å²) in [4.78, 5) is 16.3. The van der Waals surface area contributed by atoms with Gasteiger partial charge in [0.1, 0.15) is 24.2 Å². The number of hydrogen-bond donors (Lipinski definition) is 1. The van der Waals surface area contributed by atoms with Gasteiger partial charge in [-0.15, -0.1) is 10.2 Å². The van der Waals surface area contributed by atoms with Crippen LogP contribution in [0.5, 0.6) is 5.75 Å². The number of pyridine rings is 1. The number of ether oxygens (including phenoxy) is 1. The van der Waals surface area contributed by atoms with Crippen LogP contribution in [-0.4, -0.2) is 32.3 Å². The first-order valence-electron chi connectivity index (χ1n) is 7.43. The molecule has 1 amide bonds. The standard InChI is InChI=1S/C17H17N5O2/c1-12-4-3-5-15(13(12)2)24-9-17(23)21-14-6-7-16(18-8-14)22-10-19-20-11-22/h3-8,10-11H,9H2,1-2H3,(H,21,23). The molecule has 0 atom stereocenters. The molecule has 0 spiro atoms. The Morgan fingerprint density at radius 2 is 1.96 bits per heavy atom. The maximum atomic E-state index is 12.0. The number of rotatable bonds is 5. The first-order valence-corrected chi connectivity index (χ1v) is 7.43. The van der Waals surface area contributed by atoms with Gasteiger partial charge in [-0.05, 0) is 43.2 Å². The first-order chi connectivity index (χ1) is 11.6. The van der Waals surface area contributed by atoms with Gasteiger partial charge >= 0.3 is 0 Å². The predicted octanol–water partition coefficient (Wildman–Crippen LogP) is 2.30. The van der Waals surface area contributed by atoms with Crippen LogP contribution in [0.1, 0.15) is 11.1 Å². The summed E-state index contributed by atoms with van der Waals surface area (Å²) in [5.74, 6) is 1.14. The molecular formula is C17H17N5O2. The molecule has 7 nitrogen and oxygen atoms in total. The largest absolute Gasteiger partial charge is 0.483 e. The van der Waals surface area contributed by atoms with E-state index in [0.717, 1.165) is 11.1 Å². The van der Waals surface area contributed by atoms with Crippen LogP contribution in [0.4, 0.5) is 5.69 Å². The van der Waals surface area contributed by atoms with Crippen molar-refractivity contribution in [1.82, 2.24) is 19.7 Å². The number of nitrogens with zero attached hydrogens (tertiary/aromatic N) is 4. The molecule has 0 unspecified atom stereocenters. The highest BCUT2D eigenvalue weighted by molar-refractivity contribution is 5.91. The van der Waals surface area contributed by atoms with E-state index in [1.54, 1.807) is 35.6 Å². The van der Waals surface area contributed by atoms with Crippen molar-refractivity contribution in [3.05, 3.63) is 60.3 Å². The number of aromatic nitrogens is 4. The van der Waals surface area contributed by atoms with Gasteiger partial charge < -0.3 is 10.1 Å². The third-order valence-electron chi connectivity index (χ3n) is 3.63. The Bertz CT molecular complexity index is 829. The smallest absolute Gasteiger partial charge is 0.262 e. The summed E-state index contributed by atoms with van der Waals surface area (Å²) in [7, 11) is 0. The molecule has 1 aromatic carbocycles. The third-order valence-corrected chi connectivity index (χ3v) is 3.63. The lowest BCUT2D eigenvalue weighted by Crippen LogP contribution is -2.20. The number of benzene rings is 1. The van der Waals surface area contributed by atoms with Gasteiger partial charge in [0.15, 0.2) is 6.61 Å². The SMILES string of the molecule is Cc1cccc(OCC(=O)Nc2ccc(-n3cnnc3)nc2)c1C. The van der Waals surface area contributed by atoms with Gasteiger partial charge in [0.05, 0.1) is 11.9 Å². The maximum Gasteiger partial charge on any atom is 0.262 e. The molecule has 0 saturated heterocycles. The van der Waals surface area contributed by atoms with Crippen LogP contribution in [0, 0.1) is 13.8 Å². The molecule has 0 saturated carbocycles. The average Bonchev–Trinajstić information content (AvgIpc) is 3.11. The van der Waals surface area contributed by atoms with E-state index < -0.39 is 0 Å². The van der Waals surface area contributed by atoms with Crippen molar-refractivity contribution in [1.29, 1.82) is 0 Å². The zero-order valence-corrected chi connectivity index (χ0v) is 13.4. The van der Waals surface area contributed by atoms with Crippen molar-refractivity contribution >= 4 is 11.6 Å². The van der Waals surface area contributed by atoms with E-state index in [2.05, 4.69) is 20.5 Å². The zero-order valence-electron chi connectivity index (χ0n) is 13.4. The second-order valence-electron chi connectivity index (χ2n) is 5.31. The zero-order chi connectivity index (χ0) is 16.9. The van der Waals surface area contributed by atoms with Crippen molar-refractivity contribution in [2.45, 2.75) is 13.8 Å². The highest BCUT2D eigenvalue weighted by Crippen LogP contribution is 2.20. The molecule has 0 aliphatic rings. The fourth-order valence-electron chi connectivity index (χ4n) is 2.15. The molecule has 2 aromatic heterocycles. The van der Waals surface area contributed by atoms with E-state index in [4.69, 9.17) is 4.74 Å². The van der Waals surface area contributed by atoms with E-state index in [1.165, 1.54) is 0 Å². The van der Waals surface area contributed by atoms with Gasteiger partial charge in [-0.3, -0.25) is 9.36 Å². The fourth-order valence-corrected chi connectivity index (χ4v) is 2.15. The molecule has 7 heteroatoms. The van der Waals surface area contributed by atoms with E-state index in [9.17, 15) is 4.79 Å². The Morgan fingerprint density at radius 1 is 1.17 bits per heavy atom. The van der Waals surface area contributed by atoms with Crippen molar-refractivity contribution in [2.75, 3.05) is 11.9 Å². The topological polar surface area (TPSA) is 81.9 Å².